The second-order valence-corrected chi connectivity index (χ2v) is 6.85. The van der Waals surface area contributed by atoms with Crippen LogP contribution in [0, 0.1) is 6.92 Å². The molecule has 0 heterocycles. The van der Waals surface area contributed by atoms with Gasteiger partial charge in [0.2, 0.25) is 0 Å². The normalized spacial score (nSPS) is 10.3. The maximum atomic E-state index is 12.9. The van der Waals surface area contributed by atoms with Gasteiger partial charge < -0.3 is 24.3 Å². The van der Waals surface area contributed by atoms with Gasteiger partial charge in [-0.3, -0.25) is 4.79 Å². The largest absolute Gasteiger partial charge is 0.495 e. The Morgan fingerprint density at radius 1 is 0.839 bits per heavy atom. The molecule has 0 saturated heterocycles. The molecule has 0 saturated carbocycles. The van der Waals surface area contributed by atoms with Crippen molar-refractivity contribution >= 4 is 11.6 Å². The molecule has 0 aliphatic rings. The summed E-state index contributed by atoms with van der Waals surface area (Å²) in [7, 11) is 3.17. The smallest absolute Gasteiger partial charge is 0.255 e. The maximum absolute atomic E-state index is 12.9. The number of hydrogen-bond donors (Lipinski definition) is 1. The summed E-state index contributed by atoms with van der Waals surface area (Å²) >= 11 is 0. The van der Waals surface area contributed by atoms with E-state index >= 15 is 0 Å². The van der Waals surface area contributed by atoms with Gasteiger partial charge in [-0.15, -0.1) is 0 Å². The van der Waals surface area contributed by atoms with Crippen molar-refractivity contribution in [1.82, 2.24) is 0 Å². The first-order valence-electron chi connectivity index (χ1n) is 10.0. The summed E-state index contributed by atoms with van der Waals surface area (Å²) < 4.78 is 22.4. The summed E-state index contributed by atoms with van der Waals surface area (Å²) in [6, 6.07) is 18.3. The monoisotopic (exact) mass is 421 g/mol. The lowest BCUT2D eigenvalue weighted by Crippen LogP contribution is -2.14. The van der Waals surface area contributed by atoms with E-state index < -0.39 is 0 Å². The highest BCUT2D eigenvalue weighted by atomic mass is 16.5. The Bertz CT molecular complexity index is 1050. The molecular formula is C25H27NO5. The zero-order valence-electron chi connectivity index (χ0n) is 18.2. The van der Waals surface area contributed by atoms with E-state index in [4.69, 9.17) is 18.9 Å². The van der Waals surface area contributed by atoms with E-state index in [0.717, 1.165) is 11.1 Å². The minimum atomic E-state index is -0.245. The van der Waals surface area contributed by atoms with Crippen LogP contribution in [0.15, 0.2) is 60.7 Å². The minimum Gasteiger partial charge on any atom is -0.495 e. The molecule has 1 amide bonds. The van der Waals surface area contributed by atoms with Crippen LogP contribution in [0.5, 0.6) is 23.0 Å². The number of amides is 1. The molecule has 0 spiro atoms. The van der Waals surface area contributed by atoms with E-state index in [9.17, 15) is 4.79 Å². The lowest BCUT2D eigenvalue weighted by atomic mass is 10.1. The number of methoxy groups -OCH3 is 2. The Hall–Kier alpha value is -3.67. The highest BCUT2D eigenvalue weighted by Crippen LogP contribution is 2.30. The van der Waals surface area contributed by atoms with E-state index in [-0.39, 0.29) is 12.5 Å². The van der Waals surface area contributed by atoms with Gasteiger partial charge in [-0.2, -0.15) is 0 Å². The molecule has 0 aliphatic heterocycles. The number of carbonyl (C=O) groups is 1. The fraction of sp³-hybridized carbons (Fsp3) is 0.240. The summed E-state index contributed by atoms with van der Waals surface area (Å²) in [6.45, 7) is 4.60. The average molecular weight is 421 g/mol. The predicted octanol–water partition coefficient (Wildman–Crippen LogP) is 5.24. The predicted molar refractivity (Wildman–Crippen MR) is 121 cm³/mol. The first-order chi connectivity index (χ1) is 15.0. The number of benzene rings is 3. The van der Waals surface area contributed by atoms with Gasteiger partial charge in [0.1, 0.15) is 18.1 Å². The van der Waals surface area contributed by atoms with Crippen LogP contribution in [-0.2, 0) is 6.61 Å². The van der Waals surface area contributed by atoms with Crippen LogP contribution in [0.25, 0.3) is 0 Å². The number of aryl methyl sites for hydroxylation is 1. The van der Waals surface area contributed by atoms with E-state index in [0.29, 0.717) is 40.9 Å². The molecular weight excluding hydrogens is 394 g/mol. The summed E-state index contributed by atoms with van der Waals surface area (Å²) in [6.07, 6.45) is 0. The average Bonchev–Trinajstić information content (AvgIpc) is 2.79. The van der Waals surface area contributed by atoms with Crippen LogP contribution in [0.1, 0.15) is 28.4 Å². The molecule has 0 unspecified atom stereocenters. The molecule has 3 rings (SSSR count). The highest BCUT2D eigenvalue weighted by molar-refractivity contribution is 6.05. The van der Waals surface area contributed by atoms with E-state index in [1.807, 2.05) is 56.3 Å². The molecule has 0 radical (unpaired) electrons. The first-order valence-corrected chi connectivity index (χ1v) is 10.0. The third kappa shape index (κ3) is 5.48. The lowest BCUT2D eigenvalue weighted by Gasteiger charge is -2.15. The Morgan fingerprint density at radius 3 is 2.26 bits per heavy atom. The molecule has 6 nitrogen and oxygen atoms in total. The topological polar surface area (TPSA) is 66.0 Å². The number of ether oxygens (including phenoxy) is 4. The number of nitrogens with one attached hydrogen (secondary N) is 1. The molecule has 3 aromatic carbocycles. The Labute approximate surface area is 182 Å². The fourth-order valence-corrected chi connectivity index (χ4v) is 3.14. The Kier molecular flexibility index (Phi) is 7.38. The summed E-state index contributed by atoms with van der Waals surface area (Å²) in [5, 5.41) is 2.92. The van der Waals surface area contributed by atoms with Crippen molar-refractivity contribution in [2.45, 2.75) is 20.5 Å². The molecule has 31 heavy (non-hydrogen) atoms. The Balaban J connectivity index is 1.83. The van der Waals surface area contributed by atoms with Crippen molar-refractivity contribution in [3.8, 4) is 23.0 Å². The van der Waals surface area contributed by atoms with E-state index in [2.05, 4.69) is 5.32 Å². The highest BCUT2D eigenvalue weighted by Gasteiger charge is 2.14. The minimum absolute atomic E-state index is 0.227. The summed E-state index contributed by atoms with van der Waals surface area (Å²) in [4.78, 5) is 12.9. The number of hydrogen-bond acceptors (Lipinski definition) is 5. The van der Waals surface area contributed by atoms with Crippen LogP contribution in [0.4, 0.5) is 5.69 Å². The standard InChI is InChI=1S/C25H27NO5/c1-5-30-21-13-11-18(25(27)26-20-14-17(2)10-12-22(20)28-3)15-19(21)16-31-24-9-7-6-8-23(24)29-4/h6-15H,5,16H2,1-4H3,(H,26,27). The van der Waals surface area contributed by atoms with Crippen molar-refractivity contribution < 1.29 is 23.7 Å². The maximum Gasteiger partial charge on any atom is 0.255 e. The first kappa shape index (κ1) is 22.0. The van der Waals surface area contributed by atoms with E-state index in [1.54, 1.807) is 32.4 Å². The third-order valence-corrected chi connectivity index (χ3v) is 4.68. The molecule has 0 fully saturated rings. The van der Waals surface area contributed by atoms with Crippen molar-refractivity contribution in [3.63, 3.8) is 0 Å². The van der Waals surface area contributed by atoms with Gasteiger partial charge in [0, 0.05) is 11.1 Å². The van der Waals surface area contributed by atoms with Crippen molar-refractivity contribution in [2.24, 2.45) is 0 Å². The molecule has 0 bridgehead atoms. The van der Waals surface area contributed by atoms with Crippen LogP contribution in [-0.4, -0.2) is 26.7 Å². The van der Waals surface area contributed by atoms with Crippen molar-refractivity contribution in [1.29, 1.82) is 0 Å². The van der Waals surface area contributed by atoms with Crippen LogP contribution in [0.3, 0.4) is 0 Å². The molecule has 6 heteroatoms. The molecule has 1 N–H and O–H groups in total. The number of carbonyl (C=O) groups excluding carboxylic acids is 1. The molecule has 162 valence electrons. The van der Waals surface area contributed by atoms with Gasteiger partial charge in [-0.1, -0.05) is 18.2 Å². The van der Waals surface area contributed by atoms with Crippen LogP contribution >= 0.6 is 0 Å². The van der Waals surface area contributed by atoms with Gasteiger partial charge in [0.05, 0.1) is 26.5 Å². The van der Waals surface area contributed by atoms with Gasteiger partial charge >= 0.3 is 0 Å². The Morgan fingerprint density at radius 2 is 1.55 bits per heavy atom. The molecule has 0 atom stereocenters. The van der Waals surface area contributed by atoms with Gasteiger partial charge in [-0.25, -0.2) is 0 Å². The summed E-state index contributed by atoms with van der Waals surface area (Å²) in [5.74, 6) is 2.28. The van der Waals surface area contributed by atoms with Gasteiger partial charge in [-0.05, 0) is 61.9 Å². The van der Waals surface area contributed by atoms with Crippen molar-refractivity contribution in [3.05, 3.63) is 77.4 Å². The number of anilines is 1. The SMILES string of the molecule is CCOc1ccc(C(=O)Nc2cc(C)ccc2OC)cc1COc1ccccc1OC. The quantitative estimate of drug-likeness (QED) is 0.512. The van der Waals surface area contributed by atoms with Gasteiger partial charge in [0.15, 0.2) is 11.5 Å². The van der Waals surface area contributed by atoms with Crippen LogP contribution < -0.4 is 24.3 Å². The second-order valence-electron chi connectivity index (χ2n) is 6.85. The molecule has 0 aliphatic carbocycles. The third-order valence-electron chi connectivity index (χ3n) is 4.68. The van der Waals surface area contributed by atoms with E-state index in [1.165, 1.54) is 0 Å². The summed E-state index contributed by atoms with van der Waals surface area (Å²) in [5.41, 5.74) is 2.89. The molecule has 0 aromatic heterocycles. The number of para-hydroxylation sites is 2. The lowest BCUT2D eigenvalue weighted by molar-refractivity contribution is 0.102. The number of rotatable bonds is 9. The fourth-order valence-electron chi connectivity index (χ4n) is 3.14. The zero-order valence-corrected chi connectivity index (χ0v) is 18.2. The van der Waals surface area contributed by atoms with Crippen LogP contribution in [0.2, 0.25) is 0 Å². The van der Waals surface area contributed by atoms with Gasteiger partial charge in [0.25, 0.3) is 5.91 Å². The molecule has 3 aromatic rings. The van der Waals surface area contributed by atoms with Crippen molar-refractivity contribution in [2.75, 3.05) is 26.1 Å². The second kappa shape index (κ2) is 10.4. The zero-order chi connectivity index (χ0) is 22.2.